The van der Waals surface area contributed by atoms with Gasteiger partial charge in [-0.25, -0.2) is 4.98 Å². The molecule has 2 aliphatic rings. The van der Waals surface area contributed by atoms with Crippen LogP contribution in [0.25, 0.3) is 0 Å². The monoisotopic (exact) mass is 374 g/mol. The summed E-state index contributed by atoms with van der Waals surface area (Å²) < 4.78 is 7.81. The quantitative estimate of drug-likeness (QED) is 0.805. The maximum atomic E-state index is 12.9. The predicted molar refractivity (Wildman–Crippen MR) is 99.4 cm³/mol. The Bertz CT molecular complexity index is 785. The van der Waals surface area contributed by atoms with Crippen LogP contribution in [0.15, 0.2) is 30.6 Å². The van der Waals surface area contributed by atoms with Crippen molar-refractivity contribution in [1.29, 1.82) is 0 Å². The molecule has 1 saturated heterocycles. The third-order valence-corrected chi connectivity index (χ3v) is 5.41. The van der Waals surface area contributed by atoms with Crippen molar-refractivity contribution in [2.45, 2.75) is 18.9 Å². The van der Waals surface area contributed by atoms with Crippen LogP contribution in [-0.2, 0) is 18.4 Å². The van der Waals surface area contributed by atoms with Crippen molar-refractivity contribution in [3.63, 3.8) is 0 Å². The number of likely N-dealkylation sites (tertiary alicyclic amines) is 1. The first-order valence-corrected chi connectivity index (χ1v) is 9.39. The van der Waals surface area contributed by atoms with Crippen molar-refractivity contribution in [2.24, 2.45) is 7.05 Å². The minimum atomic E-state index is -0.137. The summed E-state index contributed by atoms with van der Waals surface area (Å²) in [4.78, 5) is 21.6. The van der Waals surface area contributed by atoms with E-state index in [9.17, 15) is 4.79 Å². The molecule has 0 N–H and O–H groups in total. The number of amides is 1. The number of imidazole rings is 1. The van der Waals surface area contributed by atoms with Crippen molar-refractivity contribution in [2.75, 3.05) is 32.8 Å². The fourth-order valence-corrected chi connectivity index (χ4v) is 3.75. The minimum Gasteiger partial charge on any atom is -0.492 e. The third-order valence-electron chi connectivity index (χ3n) is 5.16. The summed E-state index contributed by atoms with van der Waals surface area (Å²) in [5.74, 6) is 0.893. The molecule has 0 spiro atoms. The third kappa shape index (κ3) is 3.44. The van der Waals surface area contributed by atoms with E-state index in [4.69, 9.17) is 16.3 Å². The number of carbonyl (C=O) groups is 1. The first-order valence-electron chi connectivity index (χ1n) is 9.01. The highest BCUT2D eigenvalue weighted by Gasteiger charge is 2.37. The average Bonchev–Trinajstić information content (AvgIpc) is 2.96. The molecule has 0 bridgehead atoms. The standard InChI is InChI=1S/C19H23ClN4O2/c1-22-13-21-17-12-23(9-10-26-15-5-3-14(20)4-6-15)11-16(18(17)22)19(25)24-7-2-8-24/h3-6,13,16H,2,7-12H2,1H3/t16-/m1/s1. The number of benzene rings is 1. The van der Waals surface area contributed by atoms with Gasteiger partial charge in [0.2, 0.25) is 5.91 Å². The lowest BCUT2D eigenvalue weighted by Crippen LogP contribution is -2.49. The maximum Gasteiger partial charge on any atom is 0.233 e. The molecule has 1 aromatic heterocycles. The Morgan fingerprint density at radius 1 is 1.31 bits per heavy atom. The van der Waals surface area contributed by atoms with Crippen LogP contribution in [0, 0.1) is 0 Å². The smallest absolute Gasteiger partial charge is 0.233 e. The molecule has 0 saturated carbocycles. The van der Waals surface area contributed by atoms with E-state index in [0.717, 1.165) is 49.7 Å². The molecule has 2 aromatic rings. The zero-order valence-corrected chi connectivity index (χ0v) is 15.7. The van der Waals surface area contributed by atoms with Crippen molar-refractivity contribution in [3.05, 3.63) is 47.0 Å². The number of halogens is 1. The zero-order chi connectivity index (χ0) is 18.1. The molecule has 138 valence electrons. The van der Waals surface area contributed by atoms with Crippen molar-refractivity contribution in [3.8, 4) is 5.75 Å². The summed E-state index contributed by atoms with van der Waals surface area (Å²) in [5.41, 5.74) is 2.07. The second-order valence-corrected chi connectivity index (χ2v) is 7.39. The normalized spacial score (nSPS) is 19.8. The maximum absolute atomic E-state index is 12.9. The van der Waals surface area contributed by atoms with E-state index in [0.29, 0.717) is 18.2 Å². The SMILES string of the molecule is Cn1cnc2c1[C@H](C(=O)N1CCC1)CN(CCOc1ccc(Cl)cc1)C2. The van der Waals surface area contributed by atoms with Gasteiger partial charge in [0.15, 0.2) is 0 Å². The van der Waals surface area contributed by atoms with Crippen LogP contribution in [0.4, 0.5) is 0 Å². The number of aryl methyl sites for hydroxylation is 1. The molecule has 0 aliphatic carbocycles. The number of hydrogen-bond donors (Lipinski definition) is 0. The lowest BCUT2D eigenvalue weighted by molar-refractivity contribution is -0.137. The van der Waals surface area contributed by atoms with E-state index < -0.39 is 0 Å². The fraction of sp³-hybridized carbons (Fsp3) is 0.474. The van der Waals surface area contributed by atoms with Gasteiger partial charge < -0.3 is 14.2 Å². The summed E-state index contributed by atoms with van der Waals surface area (Å²) in [7, 11) is 1.97. The topological polar surface area (TPSA) is 50.6 Å². The molecule has 3 heterocycles. The highest BCUT2D eigenvalue weighted by atomic mass is 35.5. The van der Waals surface area contributed by atoms with E-state index in [1.165, 1.54) is 0 Å². The molecule has 0 unspecified atom stereocenters. The highest BCUT2D eigenvalue weighted by Crippen LogP contribution is 2.30. The van der Waals surface area contributed by atoms with Crippen molar-refractivity contribution in [1.82, 2.24) is 19.4 Å². The second kappa shape index (κ2) is 7.29. The molecular weight excluding hydrogens is 352 g/mol. The fourth-order valence-electron chi connectivity index (χ4n) is 3.62. The average molecular weight is 375 g/mol. The largest absolute Gasteiger partial charge is 0.492 e. The first-order chi connectivity index (χ1) is 12.6. The molecule has 2 aliphatic heterocycles. The number of carbonyl (C=O) groups excluding carboxylic acids is 1. The lowest BCUT2D eigenvalue weighted by atomic mass is 9.95. The van der Waals surface area contributed by atoms with Gasteiger partial charge in [0.05, 0.1) is 23.6 Å². The summed E-state index contributed by atoms with van der Waals surface area (Å²) in [6.45, 7) is 4.54. The van der Waals surface area contributed by atoms with E-state index >= 15 is 0 Å². The number of nitrogens with zero attached hydrogens (tertiary/aromatic N) is 4. The summed E-state index contributed by atoms with van der Waals surface area (Å²) in [5, 5.41) is 0.698. The summed E-state index contributed by atoms with van der Waals surface area (Å²) >= 11 is 5.90. The number of aromatic nitrogens is 2. The summed E-state index contributed by atoms with van der Waals surface area (Å²) in [6, 6.07) is 7.37. The second-order valence-electron chi connectivity index (χ2n) is 6.96. The van der Waals surface area contributed by atoms with Gasteiger partial charge in [0.25, 0.3) is 0 Å². The Hall–Kier alpha value is -2.05. The molecule has 4 rings (SSSR count). The van der Waals surface area contributed by atoms with Crippen LogP contribution in [-0.4, -0.2) is 58.0 Å². The van der Waals surface area contributed by atoms with Crippen LogP contribution < -0.4 is 4.74 Å². The number of rotatable bonds is 5. The number of fused-ring (bicyclic) bond motifs is 1. The molecule has 1 amide bonds. The molecule has 1 fully saturated rings. The van der Waals surface area contributed by atoms with E-state index in [-0.39, 0.29) is 11.8 Å². The number of ether oxygens (including phenoxy) is 1. The van der Waals surface area contributed by atoms with Crippen molar-refractivity contribution < 1.29 is 9.53 Å². The molecular formula is C19H23ClN4O2. The first kappa shape index (κ1) is 17.4. The van der Waals surface area contributed by atoms with Gasteiger partial charge >= 0.3 is 0 Å². The Morgan fingerprint density at radius 3 is 2.77 bits per heavy atom. The molecule has 7 heteroatoms. The van der Waals surface area contributed by atoms with Gasteiger partial charge in [0.1, 0.15) is 12.4 Å². The summed E-state index contributed by atoms with van der Waals surface area (Å²) in [6.07, 6.45) is 2.92. The van der Waals surface area contributed by atoms with Gasteiger partial charge in [-0.1, -0.05) is 11.6 Å². The molecule has 1 aromatic carbocycles. The van der Waals surface area contributed by atoms with Crippen LogP contribution in [0.2, 0.25) is 5.02 Å². The molecule has 1 atom stereocenters. The van der Waals surface area contributed by atoms with Gasteiger partial charge in [0, 0.05) is 44.8 Å². The Labute approximate surface area is 158 Å². The van der Waals surface area contributed by atoms with E-state index in [2.05, 4.69) is 9.88 Å². The van der Waals surface area contributed by atoms with Crippen LogP contribution in [0.5, 0.6) is 5.75 Å². The predicted octanol–water partition coefficient (Wildman–Crippen LogP) is 2.28. The lowest BCUT2D eigenvalue weighted by Gasteiger charge is -2.38. The van der Waals surface area contributed by atoms with Crippen LogP contribution in [0.1, 0.15) is 23.7 Å². The molecule has 0 radical (unpaired) electrons. The Balaban J connectivity index is 1.41. The number of hydrogen-bond acceptors (Lipinski definition) is 4. The van der Waals surface area contributed by atoms with Crippen molar-refractivity contribution >= 4 is 17.5 Å². The van der Waals surface area contributed by atoms with Gasteiger partial charge in [-0.05, 0) is 30.7 Å². The Kier molecular flexibility index (Phi) is 4.87. The van der Waals surface area contributed by atoms with Crippen LogP contribution >= 0.6 is 11.6 Å². The van der Waals surface area contributed by atoms with Gasteiger partial charge in [-0.15, -0.1) is 0 Å². The van der Waals surface area contributed by atoms with Gasteiger partial charge in [-0.2, -0.15) is 0 Å². The molecule has 26 heavy (non-hydrogen) atoms. The van der Waals surface area contributed by atoms with E-state index in [1.54, 1.807) is 0 Å². The Morgan fingerprint density at radius 2 is 2.08 bits per heavy atom. The zero-order valence-electron chi connectivity index (χ0n) is 14.9. The molecule has 6 nitrogen and oxygen atoms in total. The van der Waals surface area contributed by atoms with Crippen LogP contribution in [0.3, 0.4) is 0 Å². The van der Waals surface area contributed by atoms with E-state index in [1.807, 2.05) is 47.1 Å². The van der Waals surface area contributed by atoms with Gasteiger partial charge in [-0.3, -0.25) is 9.69 Å². The highest BCUT2D eigenvalue weighted by molar-refractivity contribution is 6.30. The minimum absolute atomic E-state index is 0.137.